The maximum absolute atomic E-state index is 14.0. The zero-order chi connectivity index (χ0) is 16.0. The molecule has 0 unspecified atom stereocenters. The third-order valence-electron chi connectivity index (χ3n) is 3.27. The molecule has 3 aromatic rings. The van der Waals surface area contributed by atoms with Gasteiger partial charge in [-0.1, -0.05) is 0 Å². The van der Waals surface area contributed by atoms with Crippen LogP contribution in [0.4, 0.5) is 13.2 Å². The maximum atomic E-state index is 14.0. The van der Waals surface area contributed by atoms with Crippen molar-refractivity contribution in [3.63, 3.8) is 0 Å². The zero-order valence-corrected chi connectivity index (χ0v) is 11.2. The maximum Gasteiger partial charge on any atom is 0.337 e. The number of rotatable bonds is 1. The molecule has 0 atom stereocenters. The van der Waals surface area contributed by atoms with Crippen LogP contribution in [0.2, 0.25) is 0 Å². The lowest BCUT2D eigenvalue weighted by atomic mass is 10.2. The molecule has 0 spiro atoms. The second kappa shape index (κ2) is 4.83. The highest BCUT2D eigenvalue weighted by Crippen LogP contribution is 2.19. The predicted molar refractivity (Wildman–Crippen MR) is 72.5 cm³/mol. The average Bonchev–Trinajstić information content (AvgIpc) is 2.53. The summed E-state index contributed by atoms with van der Waals surface area (Å²) in [4.78, 5) is 28.2. The van der Waals surface area contributed by atoms with E-state index < -0.39 is 34.4 Å². The summed E-state index contributed by atoms with van der Waals surface area (Å²) in [5, 5.41) is 0.0498. The monoisotopic (exact) mass is 307 g/mol. The molecule has 0 aliphatic rings. The van der Waals surface area contributed by atoms with E-state index in [0.29, 0.717) is 6.07 Å². The number of aromatic nitrogens is 3. The normalized spacial score (nSPS) is 11.1. The fourth-order valence-electron chi connectivity index (χ4n) is 2.16. The second-order valence-corrected chi connectivity index (χ2v) is 4.55. The molecular weight excluding hydrogens is 299 g/mol. The van der Waals surface area contributed by atoms with Gasteiger partial charge in [-0.25, -0.2) is 27.5 Å². The lowest BCUT2D eigenvalue weighted by Crippen LogP contribution is -2.38. The SMILES string of the molecule is Cn1c(=O)c2cccnc2n(-c2ccc(F)c(F)c2F)c1=O. The van der Waals surface area contributed by atoms with Gasteiger partial charge in [-0.15, -0.1) is 0 Å². The zero-order valence-electron chi connectivity index (χ0n) is 11.2. The van der Waals surface area contributed by atoms with E-state index in [0.717, 1.165) is 15.2 Å². The quantitative estimate of drug-likeness (QED) is 0.640. The molecule has 3 rings (SSSR count). The number of hydrogen-bond donors (Lipinski definition) is 0. The minimum absolute atomic E-state index is 0.0498. The van der Waals surface area contributed by atoms with Crippen LogP contribution in [0.1, 0.15) is 0 Å². The van der Waals surface area contributed by atoms with Gasteiger partial charge in [-0.2, -0.15) is 0 Å². The van der Waals surface area contributed by atoms with Crippen LogP contribution in [0.25, 0.3) is 16.7 Å². The topological polar surface area (TPSA) is 56.9 Å². The Balaban J connectivity index is 2.55. The van der Waals surface area contributed by atoms with Crippen LogP contribution in [0.3, 0.4) is 0 Å². The molecule has 0 N–H and O–H groups in total. The number of benzene rings is 1. The lowest BCUT2D eigenvalue weighted by Gasteiger charge is -2.12. The Bertz CT molecular complexity index is 1020. The summed E-state index contributed by atoms with van der Waals surface area (Å²) in [6.07, 6.45) is 1.30. The van der Waals surface area contributed by atoms with Gasteiger partial charge in [0.1, 0.15) is 0 Å². The van der Waals surface area contributed by atoms with Crippen molar-refractivity contribution in [3.8, 4) is 5.69 Å². The molecule has 112 valence electrons. The first kappa shape index (κ1) is 14.1. The predicted octanol–water partition coefficient (Wildman–Crippen LogP) is 1.50. The highest BCUT2D eigenvalue weighted by atomic mass is 19.2. The van der Waals surface area contributed by atoms with E-state index in [1.165, 1.54) is 25.4 Å². The van der Waals surface area contributed by atoms with Gasteiger partial charge in [-0.05, 0) is 24.3 Å². The van der Waals surface area contributed by atoms with Crippen molar-refractivity contribution in [2.45, 2.75) is 0 Å². The molecule has 0 aliphatic heterocycles. The van der Waals surface area contributed by atoms with E-state index in [1.54, 1.807) is 0 Å². The standard InChI is InChI=1S/C14H8F3N3O2/c1-19-13(21)7-3-2-6-18-12(7)20(14(19)22)9-5-4-8(15)10(16)11(9)17/h2-6H,1H3. The Labute approximate surface area is 120 Å². The molecule has 0 aliphatic carbocycles. The van der Waals surface area contributed by atoms with Crippen molar-refractivity contribution in [1.29, 1.82) is 0 Å². The molecule has 2 heterocycles. The number of fused-ring (bicyclic) bond motifs is 1. The van der Waals surface area contributed by atoms with Crippen LogP contribution >= 0.6 is 0 Å². The van der Waals surface area contributed by atoms with Crippen LogP contribution in [-0.4, -0.2) is 14.1 Å². The fraction of sp³-hybridized carbons (Fsp3) is 0.0714. The van der Waals surface area contributed by atoms with E-state index in [1.807, 2.05) is 0 Å². The summed E-state index contributed by atoms with van der Waals surface area (Å²) in [5.74, 6) is -4.62. The summed E-state index contributed by atoms with van der Waals surface area (Å²) < 4.78 is 42.0. The molecule has 8 heteroatoms. The Morgan fingerprint density at radius 1 is 1.05 bits per heavy atom. The van der Waals surface area contributed by atoms with Crippen molar-refractivity contribution < 1.29 is 13.2 Å². The molecule has 1 aromatic carbocycles. The fourth-order valence-corrected chi connectivity index (χ4v) is 2.16. The Morgan fingerprint density at radius 2 is 1.77 bits per heavy atom. The van der Waals surface area contributed by atoms with Gasteiger partial charge >= 0.3 is 5.69 Å². The van der Waals surface area contributed by atoms with Gasteiger partial charge in [0, 0.05) is 13.2 Å². The van der Waals surface area contributed by atoms with E-state index in [2.05, 4.69) is 4.98 Å². The van der Waals surface area contributed by atoms with Crippen molar-refractivity contribution >= 4 is 11.0 Å². The summed E-state index contributed by atoms with van der Waals surface area (Å²) >= 11 is 0. The van der Waals surface area contributed by atoms with Crippen molar-refractivity contribution in [2.75, 3.05) is 0 Å². The Hall–Kier alpha value is -2.90. The molecule has 5 nitrogen and oxygen atoms in total. The summed E-state index contributed by atoms with van der Waals surface area (Å²) in [7, 11) is 1.20. The summed E-state index contributed by atoms with van der Waals surface area (Å²) in [6.45, 7) is 0. The van der Waals surface area contributed by atoms with E-state index in [9.17, 15) is 22.8 Å². The molecular formula is C14H8F3N3O2. The molecule has 0 radical (unpaired) electrons. The number of halogens is 3. The van der Waals surface area contributed by atoms with Gasteiger partial charge in [0.25, 0.3) is 5.56 Å². The smallest absolute Gasteiger partial charge is 0.268 e. The van der Waals surface area contributed by atoms with Crippen LogP contribution in [-0.2, 0) is 7.05 Å². The third kappa shape index (κ3) is 1.84. The first-order chi connectivity index (χ1) is 10.4. The van der Waals surface area contributed by atoms with Gasteiger partial charge in [0.15, 0.2) is 23.1 Å². The Kier molecular flexibility index (Phi) is 3.09. The first-order valence-corrected chi connectivity index (χ1v) is 6.14. The van der Waals surface area contributed by atoms with Crippen molar-refractivity contribution in [1.82, 2.24) is 14.1 Å². The molecule has 0 fully saturated rings. The van der Waals surface area contributed by atoms with E-state index in [-0.39, 0.29) is 11.0 Å². The van der Waals surface area contributed by atoms with Gasteiger partial charge in [0.05, 0.1) is 11.1 Å². The number of hydrogen-bond acceptors (Lipinski definition) is 3. The minimum Gasteiger partial charge on any atom is -0.268 e. The molecule has 0 saturated carbocycles. The highest BCUT2D eigenvalue weighted by molar-refractivity contribution is 5.75. The van der Waals surface area contributed by atoms with E-state index in [4.69, 9.17) is 0 Å². The molecule has 0 bridgehead atoms. The van der Waals surface area contributed by atoms with Crippen molar-refractivity contribution in [3.05, 3.63) is 68.8 Å². The van der Waals surface area contributed by atoms with Crippen LogP contribution in [0.5, 0.6) is 0 Å². The molecule has 0 amide bonds. The van der Waals surface area contributed by atoms with Crippen molar-refractivity contribution in [2.24, 2.45) is 7.05 Å². The molecule has 0 saturated heterocycles. The lowest BCUT2D eigenvalue weighted by molar-refractivity contribution is 0.444. The first-order valence-electron chi connectivity index (χ1n) is 6.14. The second-order valence-electron chi connectivity index (χ2n) is 4.55. The minimum atomic E-state index is -1.71. The van der Waals surface area contributed by atoms with Gasteiger partial charge < -0.3 is 0 Å². The average molecular weight is 307 g/mol. The van der Waals surface area contributed by atoms with Crippen LogP contribution < -0.4 is 11.2 Å². The number of pyridine rings is 1. The molecule has 22 heavy (non-hydrogen) atoms. The van der Waals surface area contributed by atoms with Crippen LogP contribution in [0.15, 0.2) is 40.1 Å². The number of nitrogens with zero attached hydrogens (tertiary/aromatic N) is 3. The summed E-state index contributed by atoms with van der Waals surface area (Å²) in [6, 6.07) is 4.48. The summed E-state index contributed by atoms with van der Waals surface area (Å²) in [5.41, 5.74) is -2.20. The molecule has 2 aromatic heterocycles. The van der Waals surface area contributed by atoms with Gasteiger partial charge in [-0.3, -0.25) is 9.36 Å². The largest absolute Gasteiger partial charge is 0.337 e. The van der Waals surface area contributed by atoms with E-state index >= 15 is 0 Å². The highest BCUT2D eigenvalue weighted by Gasteiger charge is 2.20. The third-order valence-corrected chi connectivity index (χ3v) is 3.27. The van der Waals surface area contributed by atoms with Gasteiger partial charge in [0.2, 0.25) is 0 Å². The Morgan fingerprint density at radius 3 is 2.50 bits per heavy atom. The van der Waals surface area contributed by atoms with Crippen LogP contribution in [0, 0.1) is 17.5 Å².